The van der Waals surface area contributed by atoms with Gasteiger partial charge >= 0.3 is 0 Å². The van der Waals surface area contributed by atoms with Crippen LogP contribution in [0.15, 0.2) is 35.5 Å². The standard InChI is InChI=1S/C19H28O2S/c1-12-14(10-15(20)11-17(12)21)6-5-13-4-3-9-19(2)16(13)7-8-18(19)22/h5-6,15-18,20-22H,1,3-4,7-11H2,2H3/b13-5+,14-6-/t15-,16?,17?,18?,19?/m1/s1. The van der Waals surface area contributed by atoms with Crippen molar-refractivity contribution in [1.29, 1.82) is 0 Å². The summed E-state index contributed by atoms with van der Waals surface area (Å²) in [6.07, 6.45) is 10.5. The Balaban J connectivity index is 1.82. The fourth-order valence-electron chi connectivity index (χ4n) is 4.68. The second-order valence-corrected chi connectivity index (χ2v) is 8.20. The third-order valence-corrected chi connectivity index (χ3v) is 7.03. The maximum Gasteiger partial charge on any atom is 0.0811 e. The Morgan fingerprint density at radius 2 is 2.05 bits per heavy atom. The van der Waals surface area contributed by atoms with Gasteiger partial charge in [-0.1, -0.05) is 31.2 Å². The summed E-state index contributed by atoms with van der Waals surface area (Å²) in [5, 5.41) is 20.3. The minimum atomic E-state index is -0.599. The first-order valence-electron chi connectivity index (χ1n) is 8.55. The molecule has 5 atom stereocenters. The largest absolute Gasteiger partial charge is 0.393 e. The van der Waals surface area contributed by atoms with Gasteiger partial charge in [0.2, 0.25) is 0 Å². The molecule has 0 aromatic carbocycles. The van der Waals surface area contributed by atoms with Crippen LogP contribution < -0.4 is 0 Å². The number of hydrogen-bond donors (Lipinski definition) is 3. The van der Waals surface area contributed by atoms with E-state index in [1.807, 2.05) is 0 Å². The molecule has 2 nitrogen and oxygen atoms in total. The molecular weight excluding hydrogens is 292 g/mol. The van der Waals surface area contributed by atoms with E-state index in [-0.39, 0.29) is 0 Å². The minimum absolute atomic E-state index is 0.342. The van der Waals surface area contributed by atoms with Crippen LogP contribution in [0.3, 0.4) is 0 Å². The molecule has 0 amide bonds. The second-order valence-electron chi connectivity index (χ2n) is 7.57. The smallest absolute Gasteiger partial charge is 0.0811 e. The monoisotopic (exact) mass is 320 g/mol. The molecule has 3 aliphatic carbocycles. The Kier molecular flexibility index (Phi) is 4.59. The van der Waals surface area contributed by atoms with E-state index in [0.717, 1.165) is 11.1 Å². The molecule has 0 heterocycles. The van der Waals surface area contributed by atoms with Gasteiger partial charge in [-0.3, -0.25) is 0 Å². The Hall–Kier alpha value is -0.510. The molecule has 0 aliphatic heterocycles. The third-order valence-electron chi connectivity index (χ3n) is 6.18. The molecule has 3 heteroatoms. The average Bonchev–Trinajstić information content (AvgIpc) is 2.77. The first kappa shape index (κ1) is 16.4. The van der Waals surface area contributed by atoms with Crippen molar-refractivity contribution < 1.29 is 10.2 Å². The predicted octanol–water partition coefficient (Wildman–Crippen LogP) is 3.81. The van der Waals surface area contributed by atoms with Crippen LogP contribution in [0, 0.1) is 11.3 Å². The van der Waals surface area contributed by atoms with Gasteiger partial charge in [0.1, 0.15) is 0 Å². The van der Waals surface area contributed by atoms with E-state index in [2.05, 4.69) is 25.7 Å². The third kappa shape index (κ3) is 2.83. The van der Waals surface area contributed by atoms with Crippen LogP contribution in [0.5, 0.6) is 0 Å². The molecule has 0 spiro atoms. The Morgan fingerprint density at radius 3 is 2.82 bits per heavy atom. The summed E-state index contributed by atoms with van der Waals surface area (Å²) in [7, 11) is 0. The van der Waals surface area contributed by atoms with Crippen LogP contribution in [-0.2, 0) is 0 Å². The second kappa shape index (κ2) is 6.18. The molecule has 3 rings (SSSR count). The molecule has 0 bridgehead atoms. The van der Waals surface area contributed by atoms with E-state index >= 15 is 0 Å². The topological polar surface area (TPSA) is 40.5 Å². The maximum atomic E-state index is 9.95. The van der Waals surface area contributed by atoms with Gasteiger partial charge in [0.25, 0.3) is 0 Å². The maximum absolute atomic E-state index is 9.95. The summed E-state index contributed by atoms with van der Waals surface area (Å²) in [5.41, 5.74) is 3.65. The Labute approximate surface area is 139 Å². The summed E-state index contributed by atoms with van der Waals surface area (Å²) >= 11 is 4.83. The van der Waals surface area contributed by atoms with Crippen LogP contribution in [0.2, 0.25) is 0 Å². The van der Waals surface area contributed by atoms with Crippen molar-refractivity contribution in [2.75, 3.05) is 0 Å². The van der Waals surface area contributed by atoms with Gasteiger partial charge in [-0.2, -0.15) is 12.6 Å². The molecule has 22 heavy (non-hydrogen) atoms. The Bertz CT molecular complexity index is 522. The molecule has 3 aliphatic rings. The van der Waals surface area contributed by atoms with E-state index in [1.54, 1.807) is 0 Å². The van der Waals surface area contributed by atoms with Crippen molar-refractivity contribution in [2.24, 2.45) is 11.3 Å². The lowest BCUT2D eigenvalue weighted by atomic mass is 9.67. The van der Waals surface area contributed by atoms with E-state index in [9.17, 15) is 10.2 Å². The first-order chi connectivity index (χ1) is 10.4. The molecule has 122 valence electrons. The number of fused-ring (bicyclic) bond motifs is 1. The normalized spacial score (nSPS) is 46.3. The van der Waals surface area contributed by atoms with E-state index < -0.39 is 12.2 Å². The fraction of sp³-hybridized carbons (Fsp3) is 0.684. The average molecular weight is 320 g/mol. The van der Waals surface area contributed by atoms with E-state index in [1.165, 1.54) is 37.7 Å². The summed E-state index contributed by atoms with van der Waals surface area (Å²) < 4.78 is 0. The number of rotatable bonds is 1. The van der Waals surface area contributed by atoms with Crippen molar-refractivity contribution in [3.05, 3.63) is 35.5 Å². The highest BCUT2D eigenvalue weighted by molar-refractivity contribution is 7.81. The highest BCUT2D eigenvalue weighted by Gasteiger charge is 2.47. The number of aliphatic hydroxyl groups is 2. The van der Waals surface area contributed by atoms with Crippen LogP contribution in [0.1, 0.15) is 51.9 Å². The van der Waals surface area contributed by atoms with Crippen molar-refractivity contribution >= 4 is 12.6 Å². The van der Waals surface area contributed by atoms with Crippen molar-refractivity contribution in [1.82, 2.24) is 0 Å². The van der Waals surface area contributed by atoms with Gasteiger partial charge in [-0.15, -0.1) is 0 Å². The molecule has 3 saturated carbocycles. The summed E-state index contributed by atoms with van der Waals surface area (Å²) in [5.74, 6) is 0.646. The molecule has 3 fully saturated rings. The van der Waals surface area contributed by atoms with Gasteiger partial charge in [0.05, 0.1) is 12.2 Å². The molecule has 0 radical (unpaired) electrons. The zero-order valence-electron chi connectivity index (χ0n) is 13.5. The minimum Gasteiger partial charge on any atom is -0.393 e. The molecular formula is C19H28O2S. The zero-order chi connectivity index (χ0) is 15.9. The van der Waals surface area contributed by atoms with Gasteiger partial charge in [0.15, 0.2) is 0 Å². The lowest BCUT2D eigenvalue weighted by Gasteiger charge is -2.40. The zero-order valence-corrected chi connectivity index (χ0v) is 14.4. The quantitative estimate of drug-likeness (QED) is 0.643. The number of thiol groups is 1. The highest BCUT2D eigenvalue weighted by Crippen LogP contribution is 2.56. The van der Waals surface area contributed by atoms with Crippen LogP contribution in [0.25, 0.3) is 0 Å². The summed E-state index contributed by atoms with van der Waals surface area (Å²) in [6.45, 7) is 6.39. The Morgan fingerprint density at radius 1 is 1.27 bits per heavy atom. The predicted molar refractivity (Wildman–Crippen MR) is 94.0 cm³/mol. The number of aliphatic hydroxyl groups excluding tert-OH is 2. The van der Waals surface area contributed by atoms with E-state index in [0.29, 0.717) is 29.4 Å². The van der Waals surface area contributed by atoms with Crippen molar-refractivity contribution in [2.45, 2.75) is 69.3 Å². The van der Waals surface area contributed by atoms with Crippen LogP contribution in [0.4, 0.5) is 0 Å². The van der Waals surface area contributed by atoms with Gasteiger partial charge in [-0.05, 0) is 61.0 Å². The van der Waals surface area contributed by atoms with Crippen molar-refractivity contribution in [3.8, 4) is 0 Å². The number of hydrogen-bond acceptors (Lipinski definition) is 3. The fourth-order valence-corrected chi connectivity index (χ4v) is 5.14. The summed E-state index contributed by atoms with van der Waals surface area (Å²) in [4.78, 5) is 0. The highest BCUT2D eigenvalue weighted by atomic mass is 32.1. The molecule has 2 N–H and O–H groups in total. The van der Waals surface area contributed by atoms with Crippen LogP contribution in [-0.4, -0.2) is 27.7 Å². The lowest BCUT2D eigenvalue weighted by Crippen LogP contribution is -2.33. The number of allylic oxidation sites excluding steroid dienone is 3. The molecule has 0 saturated heterocycles. The van der Waals surface area contributed by atoms with Crippen molar-refractivity contribution in [3.63, 3.8) is 0 Å². The first-order valence-corrected chi connectivity index (χ1v) is 9.06. The van der Waals surface area contributed by atoms with Gasteiger partial charge in [-0.25, -0.2) is 0 Å². The van der Waals surface area contributed by atoms with Gasteiger partial charge < -0.3 is 10.2 Å². The summed E-state index contributed by atoms with van der Waals surface area (Å²) in [6, 6.07) is 0. The molecule has 4 unspecified atom stereocenters. The SMILES string of the molecule is C=C1/C(=C\C=C2/CCCC3(C)C(S)CCC23)C[C@@H](O)CC1O. The van der Waals surface area contributed by atoms with Crippen LogP contribution >= 0.6 is 12.6 Å². The molecule has 0 aromatic heterocycles. The molecule has 0 aromatic rings. The van der Waals surface area contributed by atoms with E-state index in [4.69, 9.17) is 12.6 Å². The lowest BCUT2D eigenvalue weighted by molar-refractivity contribution is 0.0862. The van der Waals surface area contributed by atoms with Gasteiger partial charge in [0, 0.05) is 11.7 Å².